The maximum Gasteiger partial charge on any atom is 0.352 e. The third-order valence-electron chi connectivity index (χ3n) is 7.13. The molecule has 0 bridgehead atoms. The molecule has 1 saturated heterocycles. The van der Waals surface area contributed by atoms with Gasteiger partial charge in [-0.15, -0.1) is 22.0 Å². The van der Waals surface area contributed by atoms with E-state index in [4.69, 9.17) is 0 Å². The molecule has 4 amide bonds. The Balaban J connectivity index is 1.16. The van der Waals surface area contributed by atoms with Crippen molar-refractivity contribution in [3.63, 3.8) is 0 Å². The predicted molar refractivity (Wildman–Crippen MR) is 159 cm³/mol. The van der Waals surface area contributed by atoms with Crippen LogP contribution < -0.4 is 15.6 Å². The number of thioether (sulfide) groups is 2. The topological polar surface area (TPSA) is 204 Å². The number of tetrazole rings is 1. The van der Waals surface area contributed by atoms with Gasteiger partial charge in [-0.2, -0.15) is 5.01 Å². The summed E-state index contributed by atoms with van der Waals surface area (Å²) in [5, 5.41) is 34.9. The molecule has 3 aliphatic heterocycles. The fourth-order valence-corrected chi connectivity index (χ4v) is 7.25. The number of hydrogen-bond acceptors (Lipinski definition) is 12. The second-order valence-corrected chi connectivity index (χ2v) is 12.0. The molecule has 16 nitrogen and oxygen atoms in total. The second-order valence-electron chi connectivity index (χ2n) is 9.97. The van der Waals surface area contributed by atoms with Gasteiger partial charge < -0.3 is 15.7 Å². The Kier molecular flexibility index (Phi) is 8.31. The van der Waals surface area contributed by atoms with Crippen LogP contribution in [0.3, 0.4) is 0 Å². The normalized spacial score (nSPS) is 21.3. The van der Waals surface area contributed by atoms with Crippen molar-refractivity contribution < 1.29 is 29.1 Å². The summed E-state index contributed by atoms with van der Waals surface area (Å²) < 4.78 is 1.46. The molecule has 0 radical (unpaired) electrons. The standard InChI is InChI=1S/C27H24N10O6S2/c1-35-27(31-32-34-35)45-13-15-12-44-25-19(23(40)36(25)20(15)26(42)43)29-21(38)17(14-8-4-2-5-9-14)28-22(39)18-24(41)37(33-30-18)16-10-6-3-7-11-16/h2-11,17-19,25H,12-13H2,1H3,(H,28,39)(H,29,38)(H,42,43)/t17?,18?,19?,25-/m1/s1. The minimum atomic E-state index is -1.52. The number of aromatic nitrogens is 4. The second kappa shape index (κ2) is 12.5. The average Bonchev–Trinajstić information content (AvgIpc) is 3.65. The number of rotatable bonds is 10. The number of fused-ring (bicyclic) bond motifs is 1. The first-order valence-electron chi connectivity index (χ1n) is 13.4. The number of carboxylic acids is 1. The maximum atomic E-state index is 13.6. The monoisotopic (exact) mass is 648 g/mol. The number of carboxylic acid groups (broad SMARTS) is 1. The number of nitrogens with zero attached hydrogens (tertiary/aromatic N) is 8. The van der Waals surface area contributed by atoms with Crippen LogP contribution in [0.4, 0.5) is 5.69 Å². The number of hydrogen-bond donors (Lipinski definition) is 3. The van der Waals surface area contributed by atoms with E-state index in [1.807, 2.05) is 0 Å². The van der Waals surface area contributed by atoms with Gasteiger partial charge in [-0.3, -0.25) is 24.1 Å². The zero-order valence-corrected chi connectivity index (χ0v) is 25.0. The minimum absolute atomic E-state index is 0.141. The predicted octanol–water partition coefficient (Wildman–Crippen LogP) is 0.681. The average molecular weight is 649 g/mol. The number of anilines is 1. The molecule has 1 aromatic heterocycles. The molecule has 0 saturated carbocycles. The summed E-state index contributed by atoms with van der Waals surface area (Å²) in [6.45, 7) is 0. The molecule has 3 N–H and O–H groups in total. The van der Waals surface area contributed by atoms with Crippen LogP contribution in [-0.4, -0.2) is 88.8 Å². The number of aryl methyl sites for hydroxylation is 1. The largest absolute Gasteiger partial charge is 0.477 e. The number of carbonyl (C=O) groups is 5. The molecule has 230 valence electrons. The highest BCUT2D eigenvalue weighted by Gasteiger charge is 2.54. The van der Waals surface area contributed by atoms with E-state index in [0.29, 0.717) is 27.7 Å². The lowest BCUT2D eigenvalue weighted by Gasteiger charge is -2.49. The van der Waals surface area contributed by atoms with Crippen molar-refractivity contribution in [2.75, 3.05) is 16.5 Å². The Morgan fingerprint density at radius 2 is 1.78 bits per heavy atom. The molecule has 3 aliphatic rings. The highest BCUT2D eigenvalue weighted by atomic mass is 32.2. The number of carbonyl (C=O) groups excluding carboxylic acids is 4. The molecule has 6 rings (SSSR count). The molecule has 18 heteroatoms. The molecule has 3 aromatic rings. The number of benzene rings is 2. The van der Waals surface area contributed by atoms with Crippen molar-refractivity contribution in [1.29, 1.82) is 0 Å². The van der Waals surface area contributed by atoms with E-state index in [-0.39, 0.29) is 11.4 Å². The molecule has 1 fully saturated rings. The minimum Gasteiger partial charge on any atom is -0.477 e. The fraction of sp³-hybridized carbons (Fsp3) is 0.259. The van der Waals surface area contributed by atoms with Crippen molar-refractivity contribution in [1.82, 2.24) is 35.7 Å². The summed E-state index contributed by atoms with van der Waals surface area (Å²) >= 11 is 2.55. The Hall–Kier alpha value is -5.10. The zero-order chi connectivity index (χ0) is 31.7. The third kappa shape index (κ3) is 5.76. The number of para-hydroxylation sites is 1. The van der Waals surface area contributed by atoms with Crippen molar-refractivity contribution in [2.45, 2.75) is 28.7 Å². The Labute approximate surface area is 263 Å². The van der Waals surface area contributed by atoms with E-state index in [9.17, 15) is 29.1 Å². The first-order valence-corrected chi connectivity index (χ1v) is 15.5. The summed E-state index contributed by atoms with van der Waals surface area (Å²) in [5.41, 5.74) is 1.20. The first kappa shape index (κ1) is 29.9. The molecule has 4 heterocycles. The lowest BCUT2D eigenvalue weighted by molar-refractivity contribution is -0.151. The van der Waals surface area contributed by atoms with E-state index in [1.165, 1.54) is 28.2 Å². The van der Waals surface area contributed by atoms with Gasteiger partial charge in [0.05, 0.1) is 5.69 Å². The van der Waals surface area contributed by atoms with Crippen LogP contribution in [0.5, 0.6) is 0 Å². The number of aliphatic carboxylic acids is 1. The van der Waals surface area contributed by atoms with Crippen LogP contribution in [0.15, 0.2) is 87.4 Å². The van der Waals surface area contributed by atoms with Gasteiger partial charge in [0, 0.05) is 18.6 Å². The Morgan fingerprint density at radius 1 is 1.07 bits per heavy atom. The van der Waals surface area contributed by atoms with Gasteiger partial charge >= 0.3 is 5.97 Å². The van der Waals surface area contributed by atoms with Gasteiger partial charge in [0.2, 0.25) is 17.1 Å². The van der Waals surface area contributed by atoms with Gasteiger partial charge in [0.25, 0.3) is 17.7 Å². The first-order chi connectivity index (χ1) is 21.7. The van der Waals surface area contributed by atoms with Crippen LogP contribution in [0.1, 0.15) is 11.6 Å². The third-order valence-corrected chi connectivity index (χ3v) is 9.57. The van der Waals surface area contributed by atoms with E-state index in [1.54, 1.807) is 67.7 Å². The summed E-state index contributed by atoms with van der Waals surface area (Å²) in [6, 6.07) is 12.9. The van der Waals surface area contributed by atoms with Gasteiger partial charge in [-0.1, -0.05) is 65.5 Å². The molecule has 3 unspecified atom stereocenters. The summed E-state index contributed by atoms with van der Waals surface area (Å²) in [4.78, 5) is 66.5. The fourth-order valence-electron chi connectivity index (χ4n) is 4.92. The quantitative estimate of drug-likeness (QED) is 0.158. The van der Waals surface area contributed by atoms with Crippen LogP contribution in [0.25, 0.3) is 0 Å². The van der Waals surface area contributed by atoms with Gasteiger partial charge in [-0.05, 0) is 33.7 Å². The van der Waals surface area contributed by atoms with Gasteiger partial charge in [0.15, 0.2) is 0 Å². The van der Waals surface area contributed by atoms with Crippen molar-refractivity contribution in [2.24, 2.45) is 17.4 Å². The lowest BCUT2D eigenvalue weighted by Crippen LogP contribution is -2.71. The highest BCUT2D eigenvalue weighted by molar-refractivity contribution is 8.01. The highest BCUT2D eigenvalue weighted by Crippen LogP contribution is 2.41. The number of amides is 4. The molecule has 0 aliphatic carbocycles. The van der Waals surface area contributed by atoms with Gasteiger partial charge in [-0.25, -0.2) is 9.48 Å². The summed E-state index contributed by atoms with van der Waals surface area (Å²) in [7, 11) is 1.66. The van der Waals surface area contributed by atoms with E-state index >= 15 is 0 Å². The molecule has 45 heavy (non-hydrogen) atoms. The molecule has 2 aromatic carbocycles. The zero-order valence-electron chi connectivity index (χ0n) is 23.4. The van der Waals surface area contributed by atoms with E-state index in [2.05, 4.69) is 36.5 Å². The summed E-state index contributed by atoms with van der Waals surface area (Å²) in [6.07, 6.45) is 0. The Morgan fingerprint density at radius 3 is 2.44 bits per heavy atom. The Bertz CT molecular complexity index is 1730. The van der Waals surface area contributed by atoms with E-state index < -0.39 is 53.1 Å². The van der Waals surface area contributed by atoms with Crippen molar-refractivity contribution >= 4 is 58.8 Å². The SMILES string of the molecule is Cn1nnnc1SCC1=C(C(=O)O)N2C(=O)C(NC(=O)C(NC(=O)C3N=NN(c4ccccc4)C3=O)c3ccccc3)[C@H]2SC1. The van der Waals surface area contributed by atoms with Crippen LogP contribution >= 0.6 is 23.5 Å². The van der Waals surface area contributed by atoms with Crippen molar-refractivity contribution in [3.05, 3.63) is 77.5 Å². The molecule has 0 spiro atoms. The number of β-lactam (4-membered cyclic amide) rings is 1. The smallest absolute Gasteiger partial charge is 0.352 e. The van der Waals surface area contributed by atoms with Crippen LogP contribution in [0.2, 0.25) is 0 Å². The van der Waals surface area contributed by atoms with Crippen LogP contribution in [-0.2, 0) is 31.0 Å². The maximum absolute atomic E-state index is 13.6. The molecular weight excluding hydrogens is 624 g/mol. The van der Waals surface area contributed by atoms with E-state index in [0.717, 1.165) is 9.91 Å². The van der Waals surface area contributed by atoms with Crippen LogP contribution in [0, 0.1) is 0 Å². The number of nitrogens with one attached hydrogen (secondary N) is 2. The van der Waals surface area contributed by atoms with Crippen molar-refractivity contribution in [3.8, 4) is 0 Å². The molecular formula is C27H24N10O6S2. The molecule has 4 atom stereocenters. The van der Waals surface area contributed by atoms with Gasteiger partial charge in [0.1, 0.15) is 23.2 Å². The summed E-state index contributed by atoms with van der Waals surface area (Å²) in [5.74, 6) is -3.57. The lowest BCUT2D eigenvalue weighted by atomic mass is 10.0.